The highest BCUT2D eigenvalue weighted by Crippen LogP contribution is 2.40. The lowest BCUT2D eigenvalue weighted by Crippen LogP contribution is -2.10. The molecule has 0 amide bonds. The van der Waals surface area contributed by atoms with E-state index in [2.05, 4.69) is 45.8 Å². The molecule has 3 unspecified atom stereocenters. The minimum atomic E-state index is 0.156. The lowest BCUT2D eigenvalue weighted by atomic mass is 10.1. The molecule has 3 aliphatic rings. The van der Waals surface area contributed by atoms with Crippen LogP contribution in [0.5, 0.6) is 0 Å². The maximum Gasteiger partial charge on any atom is 0.0183 e. The SMILES string of the molecule is C1NCC2CC12.CC1(P)C=CC=CC=C1. The van der Waals surface area contributed by atoms with E-state index in [0.29, 0.717) is 0 Å². The van der Waals surface area contributed by atoms with Crippen LogP contribution >= 0.6 is 9.24 Å². The predicted molar refractivity (Wildman–Crippen MR) is 70.0 cm³/mol. The fourth-order valence-electron chi connectivity index (χ4n) is 1.97. The molecule has 0 aromatic carbocycles. The molecule has 0 radical (unpaired) electrons. The Morgan fingerprint density at radius 2 is 1.60 bits per heavy atom. The molecule has 1 nitrogen and oxygen atoms in total. The Kier molecular flexibility index (Phi) is 3.43. The van der Waals surface area contributed by atoms with E-state index in [1.54, 1.807) is 0 Å². The van der Waals surface area contributed by atoms with Gasteiger partial charge in [-0.2, -0.15) is 0 Å². The van der Waals surface area contributed by atoms with Gasteiger partial charge in [0, 0.05) is 5.16 Å². The van der Waals surface area contributed by atoms with Crippen LogP contribution in [-0.2, 0) is 0 Å². The quantitative estimate of drug-likeness (QED) is 0.620. The second-order valence-electron chi connectivity index (χ2n) is 4.88. The van der Waals surface area contributed by atoms with Crippen LogP contribution in [0.4, 0.5) is 0 Å². The van der Waals surface area contributed by atoms with Gasteiger partial charge < -0.3 is 5.32 Å². The van der Waals surface area contributed by atoms with Crippen molar-refractivity contribution in [3.63, 3.8) is 0 Å². The van der Waals surface area contributed by atoms with Gasteiger partial charge in [-0.3, -0.25) is 0 Å². The van der Waals surface area contributed by atoms with Crippen LogP contribution in [0.1, 0.15) is 13.3 Å². The molecule has 0 bridgehead atoms. The van der Waals surface area contributed by atoms with Gasteiger partial charge in [0.15, 0.2) is 0 Å². The van der Waals surface area contributed by atoms with Crippen molar-refractivity contribution in [2.75, 3.05) is 13.1 Å². The van der Waals surface area contributed by atoms with E-state index < -0.39 is 0 Å². The molecular formula is C13H20NP. The van der Waals surface area contributed by atoms with E-state index in [1.807, 2.05) is 12.2 Å². The second kappa shape index (κ2) is 4.63. The molecule has 2 fully saturated rings. The topological polar surface area (TPSA) is 12.0 Å². The van der Waals surface area contributed by atoms with Crippen LogP contribution in [0.25, 0.3) is 0 Å². The molecule has 2 heteroatoms. The third-order valence-corrected chi connectivity index (χ3v) is 3.51. The molecule has 1 saturated heterocycles. The third-order valence-electron chi connectivity index (χ3n) is 3.13. The van der Waals surface area contributed by atoms with Crippen molar-refractivity contribution in [1.82, 2.24) is 5.32 Å². The molecule has 0 aromatic heterocycles. The van der Waals surface area contributed by atoms with Crippen molar-refractivity contribution in [2.45, 2.75) is 18.5 Å². The Morgan fingerprint density at radius 1 is 1.07 bits per heavy atom. The predicted octanol–water partition coefficient (Wildman–Crippen LogP) is 2.53. The van der Waals surface area contributed by atoms with Gasteiger partial charge >= 0.3 is 0 Å². The maximum atomic E-state index is 3.32. The minimum Gasteiger partial charge on any atom is -0.316 e. The number of allylic oxidation sites excluding steroid dienone is 6. The Labute approximate surface area is 94.9 Å². The molecule has 15 heavy (non-hydrogen) atoms. The zero-order valence-electron chi connectivity index (χ0n) is 9.32. The molecule has 3 rings (SSSR count). The number of fused-ring (bicyclic) bond motifs is 1. The summed E-state index contributed by atoms with van der Waals surface area (Å²) in [5.74, 6) is 2.20. The van der Waals surface area contributed by atoms with E-state index in [4.69, 9.17) is 0 Å². The van der Waals surface area contributed by atoms with E-state index in [0.717, 1.165) is 11.8 Å². The second-order valence-corrected chi connectivity index (χ2v) is 6.13. The summed E-state index contributed by atoms with van der Waals surface area (Å²) in [4.78, 5) is 0. The lowest BCUT2D eigenvalue weighted by molar-refractivity contribution is 0.732. The van der Waals surface area contributed by atoms with Crippen molar-refractivity contribution in [2.24, 2.45) is 11.8 Å². The van der Waals surface area contributed by atoms with E-state index in [-0.39, 0.29) is 5.16 Å². The number of nitrogens with one attached hydrogen (secondary N) is 1. The first-order chi connectivity index (χ1) is 7.17. The normalized spacial score (nSPS) is 34.0. The number of hydrogen-bond acceptors (Lipinski definition) is 1. The first-order valence-electron chi connectivity index (χ1n) is 5.71. The zero-order chi connectivity index (χ0) is 10.7. The molecule has 1 aliphatic heterocycles. The highest BCUT2D eigenvalue weighted by molar-refractivity contribution is 7.19. The summed E-state index contributed by atoms with van der Waals surface area (Å²) in [5.41, 5.74) is 0. The summed E-state index contributed by atoms with van der Waals surface area (Å²) in [5, 5.41) is 3.48. The first kappa shape index (κ1) is 11.1. The molecule has 0 spiro atoms. The van der Waals surface area contributed by atoms with Crippen molar-refractivity contribution >= 4 is 9.24 Å². The van der Waals surface area contributed by atoms with Crippen LogP contribution in [-0.4, -0.2) is 18.2 Å². The van der Waals surface area contributed by atoms with Crippen LogP contribution in [0, 0.1) is 11.8 Å². The van der Waals surface area contributed by atoms with Crippen LogP contribution in [0.3, 0.4) is 0 Å². The first-order valence-corrected chi connectivity index (χ1v) is 6.28. The average molecular weight is 221 g/mol. The fourth-order valence-corrected chi connectivity index (χ4v) is 2.20. The van der Waals surface area contributed by atoms with Crippen molar-refractivity contribution in [3.8, 4) is 0 Å². The summed E-state index contributed by atoms with van der Waals surface area (Å²) >= 11 is 0. The number of hydrogen-bond donors (Lipinski definition) is 1. The monoisotopic (exact) mass is 221 g/mol. The molecule has 3 atom stereocenters. The molecule has 82 valence electrons. The standard InChI is InChI=1S/C8H11P.C5H9N/c1-8(9)6-4-2-3-5-7-8;1-4-2-6-3-5(1)4/h2-7H,9H2,1H3;4-6H,1-3H2. The summed E-state index contributed by atoms with van der Waals surface area (Å²) in [7, 11) is 2.78. The maximum absolute atomic E-state index is 3.32. The van der Waals surface area contributed by atoms with Gasteiger partial charge in [0.2, 0.25) is 0 Å². The summed E-state index contributed by atoms with van der Waals surface area (Å²) < 4.78 is 0. The lowest BCUT2D eigenvalue weighted by Gasteiger charge is -2.11. The highest BCUT2D eigenvalue weighted by atomic mass is 31.0. The Balaban J connectivity index is 0.000000121. The van der Waals surface area contributed by atoms with Gasteiger partial charge in [0.25, 0.3) is 0 Å². The van der Waals surface area contributed by atoms with E-state index >= 15 is 0 Å². The van der Waals surface area contributed by atoms with Crippen molar-refractivity contribution < 1.29 is 0 Å². The van der Waals surface area contributed by atoms with Crippen molar-refractivity contribution in [3.05, 3.63) is 36.5 Å². The zero-order valence-corrected chi connectivity index (χ0v) is 10.5. The Morgan fingerprint density at radius 3 is 1.93 bits per heavy atom. The van der Waals surface area contributed by atoms with Gasteiger partial charge in [0.1, 0.15) is 0 Å². The molecule has 1 saturated carbocycles. The van der Waals surface area contributed by atoms with Gasteiger partial charge in [-0.15, -0.1) is 9.24 Å². The van der Waals surface area contributed by atoms with Gasteiger partial charge in [-0.1, -0.05) is 36.5 Å². The fraction of sp³-hybridized carbons (Fsp3) is 0.538. The van der Waals surface area contributed by atoms with Gasteiger partial charge in [0.05, 0.1) is 0 Å². The van der Waals surface area contributed by atoms with Crippen LogP contribution in [0.15, 0.2) is 36.5 Å². The largest absolute Gasteiger partial charge is 0.316 e. The smallest absolute Gasteiger partial charge is 0.0183 e. The molecule has 2 aliphatic carbocycles. The van der Waals surface area contributed by atoms with E-state index in [9.17, 15) is 0 Å². The Bertz CT molecular complexity index is 276. The average Bonchev–Trinajstić information content (AvgIpc) is 2.86. The van der Waals surface area contributed by atoms with Gasteiger partial charge in [-0.25, -0.2) is 0 Å². The van der Waals surface area contributed by atoms with Crippen molar-refractivity contribution in [1.29, 1.82) is 0 Å². The molecule has 1 heterocycles. The summed E-state index contributed by atoms with van der Waals surface area (Å²) in [6, 6.07) is 0. The number of piperidine rings is 1. The highest BCUT2D eigenvalue weighted by Gasteiger charge is 2.40. The Hall–Kier alpha value is -0.390. The number of rotatable bonds is 0. The van der Waals surface area contributed by atoms with Gasteiger partial charge in [-0.05, 0) is 38.3 Å². The minimum absolute atomic E-state index is 0.156. The van der Waals surface area contributed by atoms with E-state index in [1.165, 1.54) is 19.5 Å². The van der Waals surface area contributed by atoms with Crippen LogP contribution < -0.4 is 5.32 Å². The van der Waals surface area contributed by atoms with Crippen LogP contribution in [0.2, 0.25) is 0 Å². The molecule has 0 aromatic rings. The molecular weight excluding hydrogens is 201 g/mol. The summed E-state index contributed by atoms with van der Waals surface area (Å²) in [6.45, 7) is 4.77. The third kappa shape index (κ3) is 3.59. The molecule has 1 N–H and O–H groups in total. The summed E-state index contributed by atoms with van der Waals surface area (Å²) in [6.07, 6.45) is 14.0.